The lowest BCUT2D eigenvalue weighted by Gasteiger charge is -2.06. The third kappa shape index (κ3) is 3.34. The van der Waals surface area contributed by atoms with Crippen molar-refractivity contribution < 1.29 is 9.53 Å². The summed E-state index contributed by atoms with van der Waals surface area (Å²) in [6, 6.07) is 14.7. The molecule has 0 bridgehead atoms. The van der Waals surface area contributed by atoms with Crippen LogP contribution in [0.4, 0.5) is 0 Å². The van der Waals surface area contributed by atoms with Gasteiger partial charge in [-0.25, -0.2) is 4.98 Å². The lowest BCUT2D eigenvalue weighted by molar-refractivity contribution is 0.0975. The Bertz CT molecular complexity index is 1340. The summed E-state index contributed by atoms with van der Waals surface area (Å²) < 4.78 is 7.63. The van der Waals surface area contributed by atoms with Crippen molar-refractivity contribution in [2.45, 2.75) is 6.54 Å². The van der Waals surface area contributed by atoms with E-state index in [1.165, 1.54) is 0 Å². The van der Waals surface area contributed by atoms with Crippen LogP contribution in [0.15, 0.2) is 73.4 Å². The van der Waals surface area contributed by atoms with Crippen LogP contribution in [0.1, 0.15) is 10.4 Å². The number of carbonyl (C=O) groups is 1. The SMILES string of the molecule is O=C(Cn1cnc2cc(Cl)ccc21)c1c[nH]c2cc(Oc3cccnc3)ccc12. The van der Waals surface area contributed by atoms with Crippen molar-refractivity contribution in [1.29, 1.82) is 0 Å². The summed E-state index contributed by atoms with van der Waals surface area (Å²) in [5.41, 5.74) is 3.09. The molecule has 0 spiro atoms. The number of imidazole rings is 1. The number of nitrogens with zero attached hydrogens (tertiary/aromatic N) is 3. The van der Waals surface area contributed by atoms with Gasteiger partial charge >= 0.3 is 0 Å². The van der Waals surface area contributed by atoms with E-state index >= 15 is 0 Å². The monoisotopic (exact) mass is 402 g/mol. The second-order valence-corrected chi connectivity index (χ2v) is 7.07. The molecule has 0 aliphatic heterocycles. The molecule has 1 N–H and O–H groups in total. The maximum Gasteiger partial charge on any atom is 0.184 e. The summed E-state index contributed by atoms with van der Waals surface area (Å²) in [4.78, 5) is 24.5. The van der Waals surface area contributed by atoms with Crippen molar-refractivity contribution >= 4 is 39.3 Å². The number of ketones is 1. The van der Waals surface area contributed by atoms with Crippen molar-refractivity contribution in [2.24, 2.45) is 0 Å². The van der Waals surface area contributed by atoms with E-state index in [0.717, 1.165) is 21.9 Å². The molecule has 0 atom stereocenters. The van der Waals surface area contributed by atoms with E-state index in [0.29, 0.717) is 22.1 Å². The number of ether oxygens (including phenoxy) is 1. The lowest BCUT2D eigenvalue weighted by Crippen LogP contribution is -2.09. The quantitative estimate of drug-likeness (QED) is 0.408. The molecule has 29 heavy (non-hydrogen) atoms. The third-order valence-electron chi connectivity index (χ3n) is 4.72. The molecule has 0 aliphatic rings. The summed E-state index contributed by atoms with van der Waals surface area (Å²) in [6.07, 6.45) is 6.73. The Balaban J connectivity index is 1.41. The topological polar surface area (TPSA) is 72.8 Å². The number of rotatable bonds is 5. The fourth-order valence-corrected chi connectivity index (χ4v) is 3.51. The van der Waals surface area contributed by atoms with Gasteiger partial charge in [0.25, 0.3) is 0 Å². The van der Waals surface area contributed by atoms with Gasteiger partial charge in [0.2, 0.25) is 0 Å². The first-order valence-corrected chi connectivity index (χ1v) is 9.38. The summed E-state index contributed by atoms with van der Waals surface area (Å²) >= 11 is 6.01. The van der Waals surface area contributed by atoms with Crippen LogP contribution in [0.25, 0.3) is 21.9 Å². The highest BCUT2D eigenvalue weighted by Crippen LogP contribution is 2.27. The summed E-state index contributed by atoms with van der Waals surface area (Å²) in [7, 11) is 0. The number of Topliss-reactive ketones (excluding diaryl/α,β-unsaturated/α-hetero) is 1. The number of nitrogens with one attached hydrogen (secondary N) is 1. The van der Waals surface area contributed by atoms with Gasteiger partial charge in [0.15, 0.2) is 5.78 Å². The fraction of sp³-hybridized carbons (Fsp3) is 0.0455. The Labute approximate surface area is 170 Å². The van der Waals surface area contributed by atoms with Crippen LogP contribution in [0, 0.1) is 0 Å². The standard InChI is InChI=1S/C22H15ClN4O2/c23-14-3-6-21-20(8-14)26-13-27(21)12-22(28)18-11-25-19-9-15(4-5-17(18)19)29-16-2-1-7-24-10-16/h1-11,13,25H,12H2. The number of carbonyl (C=O) groups excluding carboxylic acids is 1. The number of H-pyrrole nitrogens is 1. The zero-order chi connectivity index (χ0) is 19.8. The molecule has 2 aromatic carbocycles. The number of hydrogen-bond acceptors (Lipinski definition) is 4. The van der Waals surface area contributed by atoms with Crippen LogP contribution in [-0.2, 0) is 6.54 Å². The molecule has 0 radical (unpaired) electrons. The van der Waals surface area contributed by atoms with E-state index in [2.05, 4.69) is 15.0 Å². The first-order chi connectivity index (χ1) is 14.2. The van der Waals surface area contributed by atoms with Gasteiger partial charge in [-0.2, -0.15) is 0 Å². The lowest BCUT2D eigenvalue weighted by atomic mass is 10.1. The molecule has 5 rings (SSSR count). The normalized spacial score (nSPS) is 11.2. The maximum atomic E-state index is 12.9. The number of fused-ring (bicyclic) bond motifs is 2. The van der Waals surface area contributed by atoms with Gasteiger partial charge in [-0.15, -0.1) is 0 Å². The van der Waals surface area contributed by atoms with E-state index in [4.69, 9.17) is 16.3 Å². The molecule has 6 nitrogen and oxygen atoms in total. The van der Waals surface area contributed by atoms with Crippen LogP contribution in [-0.4, -0.2) is 25.3 Å². The number of aromatic amines is 1. The molecule has 142 valence electrons. The molecule has 0 saturated carbocycles. The Morgan fingerprint density at radius 3 is 2.93 bits per heavy atom. The van der Waals surface area contributed by atoms with Gasteiger partial charge in [-0.3, -0.25) is 9.78 Å². The van der Waals surface area contributed by atoms with Gasteiger partial charge < -0.3 is 14.3 Å². The molecule has 0 amide bonds. The molecule has 0 unspecified atom stereocenters. The number of halogens is 1. The van der Waals surface area contributed by atoms with Gasteiger partial charge in [0.05, 0.1) is 30.1 Å². The maximum absolute atomic E-state index is 12.9. The minimum Gasteiger partial charge on any atom is -0.456 e. The van der Waals surface area contributed by atoms with Crippen molar-refractivity contribution in [1.82, 2.24) is 19.5 Å². The molecular formula is C22H15ClN4O2. The van der Waals surface area contributed by atoms with E-state index < -0.39 is 0 Å². The van der Waals surface area contributed by atoms with Crippen molar-refractivity contribution in [3.8, 4) is 11.5 Å². The molecule has 0 aliphatic carbocycles. The first-order valence-electron chi connectivity index (χ1n) is 9.00. The molecule has 5 aromatic rings. The number of benzene rings is 2. The van der Waals surface area contributed by atoms with E-state index in [1.807, 2.05) is 41.0 Å². The highest BCUT2D eigenvalue weighted by Gasteiger charge is 2.15. The van der Waals surface area contributed by atoms with E-state index in [9.17, 15) is 4.79 Å². The van der Waals surface area contributed by atoms with Gasteiger partial charge in [0.1, 0.15) is 11.5 Å². The smallest absolute Gasteiger partial charge is 0.184 e. The van der Waals surface area contributed by atoms with Crippen LogP contribution < -0.4 is 4.74 Å². The van der Waals surface area contributed by atoms with Crippen LogP contribution in [0.5, 0.6) is 11.5 Å². The van der Waals surface area contributed by atoms with E-state index in [-0.39, 0.29) is 12.3 Å². The molecular weight excluding hydrogens is 388 g/mol. The molecule has 7 heteroatoms. The van der Waals surface area contributed by atoms with E-state index in [1.54, 1.807) is 37.1 Å². The molecule has 3 aromatic heterocycles. The van der Waals surface area contributed by atoms with Gasteiger partial charge in [-0.1, -0.05) is 11.6 Å². The Kier molecular flexibility index (Phi) is 4.26. The average molecular weight is 403 g/mol. The van der Waals surface area contributed by atoms with Crippen molar-refractivity contribution in [2.75, 3.05) is 0 Å². The average Bonchev–Trinajstić information content (AvgIpc) is 3.32. The van der Waals surface area contributed by atoms with Crippen LogP contribution in [0.3, 0.4) is 0 Å². The molecule has 3 heterocycles. The summed E-state index contributed by atoms with van der Waals surface area (Å²) in [5, 5.41) is 1.47. The number of pyridine rings is 1. The Morgan fingerprint density at radius 1 is 1.14 bits per heavy atom. The minimum atomic E-state index is -0.00794. The third-order valence-corrected chi connectivity index (χ3v) is 4.96. The highest BCUT2D eigenvalue weighted by atomic mass is 35.5. The van der Waals surface area contributed by atoms with Crippen LogP contribution in [0.2, 0.25) is 5.02 Å². The second-order valence-electron chi connectivity index (χ2n) is 6.63. The Morgan fingerprint density at radius 2 is 2.07 bits per heavy atom. The van der Waals surface area contributed by atoms with Gasteiger partial charge in [0, 0.05) is 39.9 Å². The van der Waals surface area contributed by atoms with Crippen LogP contribution >= 0.6 is 11.6 Å². The highest BCUT2D eigenvalue weighted by molar-refractivity contribution is 6.31. The fourth-order valence-electron chi connectivity index (χ4n) is 3.35. The van der Waals surface area contributed by atoms with Gasteiger partial charge in [-0.05, 0) is 42.5 Å². The number of hydrogen-bond donors (Lipinski definition) is 1. The second kappa shape index (κ2) is 7.07. The zero-order valence-corrected chi connectivity index (χ0v) is 15.9. The molecule has 0 fully saturated rings. The minimum absolute atomic E-state index is 0.00794. The largest absolute Gasteiger partial charge is 0.456 e. The van der Waals surface area contributed by atoms with Crippen molar-refractivity contribution in [3.05, 3.63) is 84.0 Å². The molecule has 0 saturated heterocycles. The number of aromatic nitrogens is 4. The van der Waals surface area contributed by atoms with Crippen molar-refractivity contribution in [3.63, 3.8) is 0 Å². The summed E-state index contributed by atoms with van der Waals surface area (Å²) in [6.45, 7) is 0.193. The first kappa shape index (κ1) is 17.5. The summed E-state index contributed by atoms with van der Waals surface area (Å²) in [5.74, 6) is 1.32. The predicted molar refractivity (Wildman–Crippen MR) is 112 cm³/mol. The zero-order valence-electron chi connectivity index (χ0n) is 15.2. The Hall–Kier alpha value is -3.64. The predicted octanol–water partition coefficient (Wildman–Crippen LogP) is 5.24.